The van der Waals surface area contributed by atoms with Crippen LogP contribution in [0.25, 0.3) is 0 Å². The van der Waals surface area contributed by atoms with Gasteiger partial charge in [0.2, 0.25) is 0 Å². The van der Waals surface area contributed by atoms with Crippen molar-refractivity contribution in [3.63, 3.8) is 0 Å². The number of nitrogens with zero attached hydrogens (tertiary/aromatic N) is 1. The van der Waals surface area contributed by atoms with E-state index in [1.54, 1.807) is 22.9 Å². The summed E-state index contributed by atoms with van der Waals surface area (Å²) >= 11 is 0. The third kappa shape index (κ3) is 2.95. The Morgan fingerprint density at radius 2 is 2.25 bits per heavy atom. The average molecular weight is 223 g/mol. The minimum Gasteiger partial charge on any atom is -0.481 e. The highest BCUT2D eigenvalue weighted by molar-refractivity contribution is 5.67. The predicted molar refractivity (Wildman–Crippen MR) is 61.7 cm³/mol. The summed E-state index contributed by atoms with van der Waals surface area (Å²) in [5.41, 5.74) is 0.503. The molecule has 0 amide bonds. The molecule has 0 aliphatic heterocycles. The van der Waals surface area contributed by atoms with Gasteiger partial charge >= 0.3 is 5.97 Å². The lowest BCUT2D eigenvalue weighted by molar-refractivity contribution is -0.136. The molecule has 88 valence electrons. The number of hydrogen-bond acceptors (Lipinski definition) is 2. The summed E-state index contributed by atoms with van der Waals surface area (Å²) in [7, 11) is 0. The first-order valence-corrected chi connectivity index (χ1v) is 5.48. The van der Waals surface area contributed by atoms with Gasteiger partial charge in [-0.25, -0.2) is 0 Å². The van der Waals surface area contributed by atoms with Crippen LogP contribution in [0.3, 0.4) is 0 Å². The summed E-state index contributed by atoms with van der Waals surface area (Å²) in [4.78, 5) is 22.4. The molecule has 0 saturated carbocycles. The van der Waals surface area contributed by atoms with E-state index in [0.717, 1.165) is 6.42 Å². The number of carboxylic acids is 1. The smallest absolute Gasteiger partial charge is 0.303 e. The van der Waals surface area contributed by atoms with Crippen molar-refractivity contribution >= 4 is 5.97 Å². The summed E-state index contributed by atoms with van der Waals surface area (Å²) in [5, 5.41) is 8.58. The maximum atomic E-state index is 12.0. The largest absolute Gasteiger partial charge is 0.481 e. The first kappa shape index (κ1) is 12.5. The maximum Gasteiger partial charge on any atom is 0.303 e. The second-order valence-electron chi connectivity index (χ2n) is 3.90. The van der Waals surface area contributed by atoms with Crippen LogP contribution in [-0.2, 0) is 11.2 Å². The molecule has 1 atom stereocenters. The lowest BCUT2D eigenvalue weighted by atomic mass is 10.1. The van der Waals surface area contributed by atoms with Crippen LogP contribution in [0, 0.1) is 0 Å². The Kier molecular flexibility index (Phi) is 4.28. The number of aliphatic carboxylic acids is 1. The molecule has 1 rings (SSSR count). The zero-order valence-corrected chi connectivity index (χ0v) is 9.64. The van der Waals surface area contributed by atoms with Gasteiger partial charge in [0, 0.05) is 24.2 Å². The van der Waals surface area contributed by atoms with Crippen molar-refractivity contribution in [1.82, 2.24) is 4.57 Å². The van der Waals surface area contributed by atoms with Crippen LogP contribution < -0.4 is 5.56 Å². The van der Waals surface area contributed by atoms with Crippen LogP contribution in [0.5, 0.6) is 0 Å². The zero-order chi connectivity index (χ0) is 12.1. The normalized spacial score (nSPS) is 12.4. The minimum absolute atomic E-state index is 0.000239. The quantitative estimate of drug-likeness (QED) is 0.828. The van der Waals surface area contributed by atoms with Crippen LogP contribution in [0.15, 0.2) is 23.1 Å². The Labute approximate surface area is 94.5 Å². The Bertz CT molecular complexity index is 423. The van der Waals surface area contributed by atoms with E-state index in [0.29, 0.717) is 12.0 Å². The third-order valence-electron chi connectivity index (χ3n) is 2.73. The molecule has 0 aliphatic carbocycles. The molecule has 0 spiro atoms. The molecular formula is C12H17NO3. The molecule has 4 heteroatoms. The Hall–Kier alpha value is -1.58. The van der Waals surface area contributed by atoms with Crippen LogP contribution in [-0.4, -0.2) is 15.6 Å². The van der Waals surface area contributed by atoms with Crippen molar-refractivity contribution in [2.75, 3.05) is 0 Å². The number of aryl methyl sites for hydroxylation is 1. The van der Waals surface area contributed by atoms with E-state index in [1.807, 2.05) is 13.8 Å². The molecular weight excluding hydrogens is 206 g/mol. The summed E-state index contributed by atoms with van der Waals surface area (Å²) in [6.07, 6.45) is 2.92. The molecule has 0 fully saturated rings. The first-order valence-electron chi connectivity index (χ1n) is 5.48. The monoisotopic (exact) mass is 223 g/mol. The van der Waals surface area contributed by atoms with Crippen molar-refractivity contribution in [2.45, 2.75) is 39.2 Å². The van der Waals surface area contributed by atoms with Crippen LogP contribution in [0.2, 0.25) is 0 Å². The Morgan fingerprint density at radius 1 is 1.56 bits per heavy atom. The van der Waals surface area contributed by atoms with Gasteiger partial charge in [-0.15, -0.1) is 0 Å². The summed E-state index contributed by atoms with van der Waals surface area (Å²) in [6.45, 7) is 3.99. The summed E-state index contributed by atoms with van der Waals surface area (Å²) in [5.74, 6) is -0.877. The molecule has 1 aromatic rings. The molecule has 0 aromatic carbocycles. The van der Waals surface area contributed by atoms with Gasteiger partial charge in [0.15, 0.2) is 0 Å². The van der Waals surface area contributed by atoms with E-state index in [2.05, 4.69) is 0 Å². The second-order valence-corrected chi connectivity index (χ2v) is 3.90. The van der Waals surface area contributed by atoms with Crippen LogP contribution >= 0.6 is 0 Å². The maximum absolute atomic E-state index is 12.0. The van der Waals surface area contributed by atoms with Crippen LogP contribution in [0.4, 0.5) is 0 Å². The van der Waals surface area contributed by atoms with Gasteiger partial charge in [0.05, 0.1) is 0 Å². The third-order valence-corrected chi connectivity index (χ3v) is 2.73. The standard InChI is InChI=1S/C12H17NO3/c1-3-9(2)13-8-4-5-10(12(13)16)6-7-11(14)15/h4-5,8-9H,3,6-7H2,1-2H3,(H,14,15). The summed E-state index contributed by atoms with van der Waals surface area (Å²) < 4.78 is 1.66. The van der Waals surface area contributed by atoms with E-state index in [-0.39, 0.29) is 18.0 Å². The van der Waals surface area contributed by atoms with Crippen molar-refractivity contribution in [3.8, 4) is 0 Å². The molecule has 0 saturated heterocycles. The Balaban J connectivity index is 2.95. The van der Waals surface area contributed by atoms with E-state index in [1.165, 1.54) is 0 Å². The number of carbonyl (C=O) groups is 1. The number of carboxylic acid groups (broad SMARTS) is 1. The number of hydrogen-bond donors (Lipinski definition) is 1. The molecule has 0 aliphatic rings. The van der Waals surface area contributed by atoms with Gasteiger partial charge < -0.3 is 9.67 Å². The lowest BCUT2D eigenvalue weighted by Crippen LogP contribution is -2.25. The van der Waals surface area contributed by atoms with E-state index in [4.69, 9.17) is 5.11 Å². The van der Waals surface area contributed by atoms with Crippen molar-refractivity contribution in [2.24, 2.45) is 0 Å². The van der Waals surface area contributed by atoms with Crippen molar-refractivity contribution in [1.29, 1.82) is 0 Å². The van der Waals surface area contributed by atoms with Gasteiger partial charge in [-0.05, 0) is 25.8 Å². The van der Waals surface area contributed by atoms with Gasteiger partial charge in [-0.2, -0.15) is 0 Å². The van der Waals surface area contributed by atoms with E-state index in [9.17, 15) is 9.59 Å². The average Bonchev–Trinajstić information content (AvgIpc) is 2.26. The highest BCUT2D eigenvalue weighted by Crippen LogP contribution is 2.07. The number of pyridine rings is 1. The fourth-order valence-corrected chi connectivity index (χ4v) is 1.53. The fraction of sp³-hybridized carbons (Fsp3) is 0.500. The van der Waals surface area contributed by atoms with E-state index >= 15 is 0 Å². The van der Waals surface area contributed by atoms with Gasteiger partial charge in [-0.3, -0.25) is 9.59 Å². The van der Waals surface area contributed by atoms with Crippen molar-refractivity contribution < 1.29 is 9.90 Å². The molecule has 0 bridgehead atoms. The second kappa shape index (κ2) is 5.49. The molecule has 1 unspecified atom stereocenters. The molecule has 1 N–H and O–H groups in total. The molecule has 0 radical (unpaired) electrons. The predicted octanol–water partition coefficient (Wildman–Crippen LogP) is 1.84. The molecule has 16 heavy (non-hydrogen) atoms. The van der Waals surface area contributed by atoms with Gasteiger partial charge in [-0.1, -0.05) is 13.0 Å². The first-order chi connectivity index (χ1) is 7.56. The van der Waals surface area contributed by atoms with E-state index < -0.39 is 5.97 Å². The zero-order valence-electron chi connectivity index (χ0n) is 9.64. The highest BCUT2D eigenvalue weighted by atomic mass is 16.4. The highest BCUT2D eigenvalue weighted by Gasteiger charge is 2.08. The number of aromatic nitrogens is 1. The number of rotatable bonds is 5. The Morgan fingerprint density at radius 3 is 2.81 bits per heavy atom. The van der Waals surface area contributed by atoms with Gasteiger partial charge in [0.1, 0.15) is 0 Å². The topological polar surface area (TPSA) is 59.3 Å². The minimum atomic E-state index is -0.877. The lowest BCUT2D eigenvalue weighted by Gasteiger charge is -2.13. The molecule has 4 nitrogen and oxygen atoms in total. The summed E-state index contributed by atoms with van der Waals surface area (Å²) in [6, 6.07) is 3.65. The SMILES string of the molecule is CCC(C)n1cccc(CCC(=O)O)c1=O. The fourth-order valence-electron chi connectivity index (χ4n) is 1.53. The van der Waals surface area contributed by atoms with Crippen molar-refractivity contribution in [3.05, 3.63) is 34.2 Å². The molecule has 1 heterocycles. The van der Waals surface area contributed by atoms with Gasteiger partial charge in [0.25, 0.3) is 5.56 Å². The van der Waals surface area contributed by atoms with Crippen LogP contribution in [0.1, 0.15) is 38.3 Å². The molecule has 1 aromatic heterocycles.